The van der Waals surface area contributed by atoms with Gasteiger partial charge in [-0.05, 0) is 38.4 Å². The summed E-state index contributed by atoms with van der Waals surface area (Å²) >= 11 is 0. The Morgan fingerprint density at radius 3 is 2.78 bits per heavy atom. The largest absolute Gasteiger partial charge is 0.439 e. The third kappa shape index (κ3) is 1.97. The lowest BCUT2D eigenvalue weighted by Gasteiger charge is -2.31. The van der Waals surface area contributed by atoms with Crippen LogP contribution in [0, 0.1) is 6.92 Å². The second kappa shape index (κ2) is 4.28. The highest BCUT2D eigenvalue weighted by molar-refractivity contribution is 5.90. The molecule has 18 heavy (non-hydrogen) atoms. The molecule has 0 aromatic heterocycles. The lowest BCUT2D eigenvalue weighted by Crippen LogP contribution is -2.48. The summed E-state index contributed by atoms with van der Waals surface area (Å²) in [4.78, 5) is 13.8. The first-order valence-corrected chi connectivity index (χ1v) is 6.46. The number of nitrogens with zero attached hydrogens (tertiary/aromatic N) is 1. The van der Waals surface area contributed by atoms with Crippen LogP contribution in [0.15, 0.2) is 24.3 Å². The van der Waals surface area contributed by atoms with E-state index in [9.17, 15) is 4.79 Å². The van der Waals surface area contributed by atoms with Gasteiger partial charge in [0.1, 0.15) is 5.60 Å². The second-order valence-electron chi connectivity index (χ2n) is 5.25. The van der Waals surface area contributed by atoms with Crippen molar-refractivity contribution in [1.29, 1.82) is 0 Å². The Balaban J connectivity index is 1.82. The molecule has 0 saturated carbocycles. The van der Waals surface area contributed by atoms with Gasteiger partial charge >= 0.3 is 6.09 Å². The summed E-state index contributed by atoms with van der Waals surface area (Å²) in [5.41, 5.74) is 1.80. The molecule has 1 aromatic carbocycles. The number of nitrogens with one attached hydrogen (secondary N) is 1. The topological polar surface area (TPSA) is 41.6 Å². The number of carbonyl (C=O) groups is 1. The molecule has 2 fully saturated rings. The average Bonchev–Trinajstić information content (AvgIpc) is 2.68. The standard InChI is InChI=1S/C14H18N2O2/c1-11-3-5-12(6-4-11)16-10-14(18-13(16)17)7-2-8-15-9-14/h3-6,15H,2,7-10H2,1H3. The quantitative estimate of drug-likeness (QED) is 0.824. The van der Waals surface area contributed by atoms with E-state index >= 15 is 0 Å². The van der Waals surface area contributed by atoms with E-state index < -0.39 is 0 Å². The summed E-state index contributed by atoms with van der Waals surface area (Å²) in [7, 11) is 0. The molecule has 2 aliphatic rings. The summed E-state index contributed by atoms with van der Waals surface area (Å²) in [6, 6.07) is 8.00. The normalized spacial score (nSPS) is 27.6. The van der Waals surface area contributed by atoms with Gasteiger partial charge in [0.15, 0.2) is 0 Å². The number of amides is 1. The molecule has 2 heterocycles. The van der Waals surface area contributed by atoms with Gasteiger partial charge in [-0.15, -0.1) is 0 Å². The average molecular weight is 246 g/mol. The molecule has 1 unspecified atom stereocenters. The Labute approximate surface area is 107 Å². The van der Waals surface area contributed by atoms with E-state index in [1.807, 2.05) is 31.2 Å². The van der Waals surface area contributed by atoms with E-state index in [0.29, 0.717) is 6.54 Å². The molecule has 4 heteroatoms. The van der Waals surface area contributed by atoms with E-state index in [-0.39, 0.29) is 11.7 Å². The van der Waals surface area contributed by atoms with Crippen LogP contribution < -0.4 is 10.2 Å². The number of carbonyl (C=O) groups excluding carboxylic acids is 1. The first-order chi connectivity index (χ1) is 8.69. The highest BCUT2D eigenvalue weighted by Crippen LogP contribution is 2.32. The van der Waals surface area contributed by atoms with Crippen molar-refractivity contribution in [1.82, 2.24) is 5.32 Å². The van der Waals surface area contributed by atoms with Crippen molar-refractivity contribution in [2.75, 3.05) is 24.5 Å². The van der Waals surface area contributed by atoms with Gasteiger partial charge in [-0.25, -0.2) is 4.79 Å². The van der Waals surface area contributed by atoms with Crippen LogP contribution in [0.25, 0.3) is 0 Å². The predicted octanol–water partition coefficient (Wildman–Crippen LogP) is 2.07. The van der Waals surface area contributed by atoms with Gasteiger partial charge in [0, 0.05) is 12.2 Å². The molecule has 0 radical (unpaired) electrons. The van der Waals surface area contributed by atoms with E-state index in [1.165, 1.54) is 5.56 Å². The molecule has 2 saturated heterocycles. The van der Waals surface area contributed by atoms with Gasteiger partial charge in [-0.2, -0.15) is 0 Å². The van der Waals surface area contributed by atoms with Crippen LogP contribution in [0.3, 0.4) is 0 Å². The Morgan fingerprint density at radius 1 is 1.33 bits per heavy atom. The molecule has 1 spiro atoms. The molecular weight excluding hydrogens is 228 g/mol. The third-order valence-corrected chi connectivity index (χ3v) is 3.75. The van der Waals surface area contributed by atoms with Crippen LogP contribution in [-0.4, -0.2) is 31.3 Å². The Hall–Kier alpha value is -1.55. The Bertz CT molecular complexity index is 449. The summed E-state index contributed by atoms with van der Waals surface area (Å²) in [5, 5.41) is 3.32. The highest BCUT2D eigenvalue weighted by atomic mass is 16.6. The number of ether oxygens (including phenoxy) is 1. The lowest BCUT2D eigenvalue weighted by molar-refractivity contribution is 0.0366. The predicted molar refractivity (Wildman–Crippen MR) is 69.8 cm³/mol. The maximum atomic E-state index is 12.0. The van der Waals surface area contributed by atoms with Gasteiger partial charge in [0.2, 0.25) is 0 Å². The number of rotatable bonds is 1. The monoisotopic (exact) mass is 246 g/mol. The number of aryl methyl sites for hydroxylation is 1. The highest BCUT2D eigenvalue weighted by Gasteiger charge is 2.46. The van der Waals surface area contributed by atoms with Crippen molar-refractivity contribution in [3.63, 3.8) is 0 Å². The molecule has 1 N–H and O–H groups in total. The van der Waals surface area contributed by atoms with Gasteiger partial charge in [-0.1, -0.05) is 17.7 Å². The first kappa shape index (κ1) is 11.5. The molecule has 2 aliphatic heterocycles. The fraction of sp³-hybridized carbons (Fsp3) is 0.500. The molecule has 4 nitrogen and oxygen atoms in total. The number of piperidine rings is 1. The summed E-state index contributed by atoms with van der Waals surface area (Å²) < 4.78 is 5.61. The van der Waals surface area contributed by atoms with Gasteiger partial charge < -0.3 is 10.1 Å². The zero-order valence-corrected chi connectivity index (χ0v) is 10.6. The molecule has 1 aromatic rings. The molecule has 1 amide bonds. The van der Waals surface area contributed by atoms with Crippen molar-refractivity contribution in [3.8, 4) is 0 Å². The number of anilines is 1. The molecular formula is C14H18N2O2. The van der Waals surface area contributed by atoms with Crippen LogP contribution in [0.4, 0.5) is 10.5 Å². The van der Waals surface area contributed by atoms with E-state index in [1.54, 1.807) is 4.90 Å². The molecule has 3 rings (SSSR count). The maximum absolute atomic E-state index is 12.0. The first-order valence-electron chi connectivity index (χ1n) is 6.46. The fourth-order valence-electron chi connectivity index (χ4n) is 2.71. The van der Waals surface area contributed by atoms with Crippen molar-refractivity contribution < 1.29 is 9.53 Å². The van der Waals surface area contributed by atoms with Gasteiger partial charge in [0.05, 0.1) is 6.54 Å². The Morgan fingerprint density at radius 2 is 2.11 bits per heavy atom. The molecule has 0 bridgehead atoms. The van der Waals surface area contributed by atoms with Crippen LogP contribution in [0.1, 0.15) is 18.4 Å². The Kier molecular flexibility index (Phi) is 2.74. The molecule has 0 aliphatic carbocycles. The van der Waals surface area contributed by atoms with Crippen LogP contribution in [-0.2, 0) is 4.74 Å². The summed E-state index contributed by atoms with van der Waals surface area (Å²) in [5.74, 6) is 0. The van der Waals surface area contributed by atoms with Crippen molar-refractivity contribution >= 4 is 11.8 Å². The van der Waals surface area contributed by atoms with Crippen LogP contribution >= 0.6 is 0 Å². The zero-order chi connectivity index (χ0) is 12.6. The third-order valence-electron chi connectivity index (χ3n) is 3.75. The SMILES string of the molecule is Cc1ccc(N2CC3(CCCNC3)OC2=O)cc1. The minimum absolute atomic E-state index is 0.220. The van der Waals surface area contributed by atoms with Crippen molar-refractivity contribution in [2.24, 2.45) is 0 Å². The minimum Gasteiger partial charge on any atom is -0.439 e. The minimum atomic E-state index is -0.319. The smallest absolute Gasteiger partial charge is 0.415 e. The molecule has 96 valence electrons. The van der Waals surface area contributed by atoms with Crippen molar-refractivity contribution in [3.05, 3.63) is 29.8 Å². The van der Waals surface area contributed by atoms with E-state index in [4.69, 9.17) is 4.74 Å². The van der Waals surface area contributed by atoms with Gasteiger partial charge in [-0.3, -0.25) is 4.90 Å². The van der Waals surface area contributed by atoms with E-state index in [2.05, 4.69) is 5.32 Å². The van der Waals surface area contributed by atoms with Crippen LogP contribution in [0.2, 0.25) is 0 Å². The number of hydrogen-bond donors (Lipinski definition) is 1. The van der Waals surface area contributed by atoms with Crippen LogP contribution in [0.5, 0.6) is 0 Å². The number of benzene rings is 1. The maximum Gasteiger partial charge on any atom is 0.415 e. The van der Waals surface area contributed by atoms with Crippen molar-refractivity contribution in [2.45, 2.75) is 25.4 Å². The second-order valence-corrected chi connectivity index (χ2v) is 5.25. The summed E-state index contributed by atoms with van der Waals surface area (Å²) in [6.45, 7) is 4.48. The van der Waals surface area contributed by atoms with E-state index in [0.717, 1.165) is 31.6 Å². The molecule has 1 atom stereocenters. The number of hydrogen-bond acceptors (Lipinski definition) is 3. The summed E-state index contributed by atoms with van der Waals surface area (Å²) in [6.07, 6.45) is 1.80. The zero-order valence-electron chi connectivity index (χ0n) is 10.6. The van der Waals surface area contributed by atoms with Gasteiger partial charge in [0.25, 0.3) is 0 Å². The fourth-order valence-corrected chi connectivity index (χ4v) is 2.71. The lowest BCUT2D eigenvalue weighted by atomic mass is 9.94.